The third-order valence-electron chi connectivity index (χ3n) is 1.91. The molecule has 0 atom stereocenters. The molecule has 0 saturated heterocycles. The van der Waals surface area contributed by atoms with Gasteiger partial charge in [0.05, 0.1) is 9.50 Å². The van der Waals surface area contributed by atoms with Crippen LogP contribution in [0.15, 0.2) is 40.9 Å². The highest BCUT2D eigenvalue weighted by Crippen LogP contribution is 2.36. The minimum Gasteiger partial charge on any atom is -0.455 e. The molecule has 0 N–H and O–H groups in total. The number of hydrogen-bond acceptors (Lipinski definition) is 1. The summed E-state index contributed by atoms with van der Waals surface area (Å²) < 4.78 is 6.45. The fraction of sp³-hybridized carbons (Fsp3) is 0. The van der Waals surface area contributed by atoms with Crippen LogP contribution >= 0.6 is 39.1 Å². The second-order valence-electron chi connectivity index (χ2n) is 3.01. The molecule has 0 fully saturated rings. The molecule has 2 aromatic carbocycles. The summed E-state index contributed by atoms with van der Waals surface area (Å²) >= 11 is 15.3. The Kier molecular flexibility index (Phi) is 3.74. The summed E-state index contributed by atoms with van der Waals surface area (Å²) in [7, 11) is 0. The fourth-order valence-corrected chi connectivity index (χ4v) is 1.84. The summed E-state index contributed by atoms with van der Waals surface area (Å²) in [6.45, 7) is 0. The average Bonchev–Trinajstić information content (AvgIpc) is 2.28. The van der Waals surface area contributed by atoms with Crippen LogP contribution in [0.25, 0.3) is 0 Å². The molecule has 81 valence electrons. The third kappa shape index (κ3) is 2.51. The summed E-state index contributed by atoms with van der Waals surface area (Å²) in [6.07, 6.45) is 0. The quantitative estimate of drug-likeness (QED) is 0.725. The van der Waals surface area contributed by atoms with Crippen molar-refractivity contribution >= 4 is 39.1 Å². The van der Waals surface area contributed by atoms with Gasteiger partial charge in [0.15, 0.2) is 0 Å². The van der Waals surface area contributed by atoms with Crippen LogP contribution in [0.2, 0.25) is 10.0 Å². The first-order chi connectivity index (χ1) is 7.68. The number of ether oxygens (including phenoxy) is 1. The summed E-state index contributed by atoms with van der Waals surface area (Å²) in [5, 5.41) is 0.877. The van der Waals surface area contributed by atoms with Gasteiger partial charge in [0, 0.05) is 0 Å². The Morgan fingerprint density at radius 2 is 1.94 bits per heavy atom. The first-order valence-electron chi connectivity index (χ1n) is 4.46. The average molecular weight is 317 g/mol. The summed E-state index contributed by atoms with van der Waals surface area (Å²) in [5.41, 5.74) is 0. The van der Waals surface area contributed by atoms with E-state index in [2.05, 4.69) is 22.0 Å². The van der Waals surface area contributed by atoms with E-state index < -0.39 is 0 Å². The van der Waals surface area contributed by atoms with Gasteiger partial charge in [0.25, 0.3) is 0 Å². The minimum atomic E-state index is 0.406. The van der Waals surface area contributed by atoms with Crippen LogP contribution in [0.3, 0.4) is 0 Å². The van der Waals surface area contributed by atoms with Crippen LogP contribution in [-0.4, -0.2) is 0 Å². The van der Waals surface area contributed by atoms with Crippen LogP contribution in [0.5, 0.6) is 11.5 Å². The van der Waals surface area contributed by atoms with Gasteiger partial charge in [-0.2, -0.15) is 0 Å². The molecule has 4 heteroatoms. The van der Waals surface area contributed by atoms with E-state index in [1.165, 1.54) is 0 Å². The highest BCUT2D eigenvalue weighted by molar-refractivity contribution is 9.10. The van der Waals surface area contributed by atoms with E-state index in [-0.39, 0.29) is 0 Å². The van der Waals surface area contributed by atoms with Gasteiger partial charge in [-0.25, -0.2) is 0 Å². The Morgan fingerprint density at radius 1 is 1.12 bits per heavy atom. The van der Waals surface area contributed by atoms with E-state index in [9.17, 15) is 0 Å². The van der Waals surface area contributed by atoms with Gasteiger partial charge in [0.1, 0.15) is 16.5 Å². The van der Waals surface area contributed by atoms with Crippen LogP contribution in [0.1, 0.15) is 0 Å². The molecule has 0 aliphatic heterocycles. The molecule has 0 aliphatic carbocycles. The number of hydrogen-bond donors (Lipinski definition) is 0. The van der Waals surface area contributed by atoms with Gasteiger partial charge >= 0.3 is 0 Å². The van der Waals surface area contributed by atoms with E-state index in [1.807, 2.05) is 0 Å². The Morgan fingerprint density at radius 3 is 2.69 bits per heavy atom. The highest BCUT2D eigenvalue weighted by atomic mass is 79.9. The number of halogens is 3. The van der Waals surface area contributed by atoms with E-state index in [1.54, 1.807) is 36.4 Å². The van der Waals surface area contributed by atoms with Gasteiger partial charge in [-0.1, -0.05) is 35.3 Å². The second kappa shape index (κ2) is 5.09. The Balaban J connectivity index is 2.35. The smallest absolute Gasteiger partial charge is 0.147 e. The Bertz CT molecular complexity index is 514. The largest absolute Gasteiger partial charge is 0.455 e. The molecule has 0 aliphatic rings. The minimum absolute atomic E-state index is 0.406. The van der Waals surface area contributed by atoms with Crippen molar-refractivity contribution in [1.82, 2.24) is 0 Å². The molecule has 1 radical (unpaired) electrons. The lowest BCUT2D eigenvalue weighted by Gasteiger charge is -2.09. The highest BCUT2D eigenvalue weighted by Gasteiger charge is 2.08. The molecule has 2 aromatic rings. The fourth-order valence-electron chi connectivity index (χ4n) is 1.16. The van der Waals surface area contributed by atoms with E-state index >= 15 is 0 Å². The van der Waals surface area contributed by atoms with E-state index in [0.717, 1.165) is 4.47 Å². The number of rotatable bonds is 2. The standard InChI is InChI=1S/C12H6BrCl2O/c13-8-4-1-2-6-10(8)16-11-7-3-5-9(14)12(11)15/h2-7H. The van der Waals surface area contributed by atoms with Gasteiger partial charge in [-0.15, -0.1) is 0 Å². The molecule has 0 amide bonds. The first kappa shape index (κ1) is 11.8. The maximum absolute atomic E-state index is 6.02. The van der Waals surface area contributed by atoms with Crippen molar-refractivity contribution in [2.24, 2.45) is 0 Å². The van der Waals surface area contributed by atoms with Crippen molar-refractivity contribution in [2.75, 3.05) is 0 Å². The monoisotopic (exact) mass is 315 g/mol. The lowest BCUT2D eigenvalue weighted by atomic mass is 10.3. The second-order valence-corrected chi connectivity index (χ2v) is 4.65. The molecule has 0 aromatic heterocycles. The first-order valence-corrected chi connectivity index (χ1v) is 6.01. The Labute approximate surface area is 112 Å². The zero-order valence-electron chi connectivity index (χ0n) is 8.01. The van der Waals surface area contributed by atoms with Crippen LogP contribution in [0, 0.1) is 6.07 Å². The normalized spacial score (nSPS) is 10.2. The maximum atomic E-state index is 6.02. The molecule has 0 heterocycles. The Hall–Kier alpha value is -0.700. The van der Waals surface area contributed by atoms with Crippen molar-refractivity contribution in [3.05, 3.63) is 57.0 Å². The molecule has 2 rings (SSSR count). The van der Waals surface area contributed by atoms with Gasteiger partial charge in [-0.3, -0.25) is 0 Å². The SMILES string of the molecule is Clc1cccc(Oc2cc[c]cc2Br)c1Cl. The molecule has 16 heavy (non-hydrogen) atoms. The lowest BCUT2D eigenvalue weighted by molar-refractivity contribution is 0.480. The maximum Gasteiger partial charge on any atom is 0.147 e. The summed E-state index contributed by atoms with van der Waals surface area (Å²) in [6, 6.07) is 13.5. The zero-order valence-corrected chi connectivity index (χ0v) is 11.1. The lowest BCUT2D eigenvalue weighted by Crippen LogP contribution is -1.86. The summed E-state index contributed by atoms with van der Waals surface area (Å²) in [4.78, 5) is 0. The molecule has 0 spiro atoms. The molecule has 0 unspecified atom stereocenters. The number of benzene rings is 2. The predicted octanol–water partition coefficient (Wildman–Crippen LogP) is 5.35. The van der Waals surface area contributed by atoms with Gasteiger partial charge < -0.3 is 4.74 Å². The molecule has 0 bridgehead atoms. The molecule has 1 nitrogen and oxygen atoms in total. The van der Waals surface area contributed by atoms with Crippen LogP contribution in [-0.2, 0) is 0 Å². The van der Waals surface area contributed by atoms with Crippen molar-refractivity contribution in [1.29, 1.82) is 0 Å². The molecular weight excluding hydrogens is 311 g/mol. The van der Waals surface area contributed by atoms with Crippen molar-refractivity contribution < 1.29 is 4.74 Å². The van der Waals surface area contributed by atoms with Crippen LogP contribution in [0.4, 0.5) is 0 Å². The van der Waals surface area contributed by atoms with Gasteiger partial charge in [-0.05, 0) is 46.3 Å². The van der Waals surface area contributed by atoms with E-state index in [0.29, 0.717) is 21.5 Å². The zero-order chi connectivity index (χ0) is 11.5. The predicted molar refractivity (Wildman–Crippen MR) is 69.5 cm³/mol. The molecule has 0 saturated carbocycles. The van der Waals surface area contributed by atoms with Crippen LogP contribution < -0.4 is 4.74 Å². The van der Waals surface area contributed by atoms with E-state index in [4.69, 9.17) is 27.9 Å². The topological polar surface area (TPSA) is 9.23 Å². The summed E-state index contributed by atoms with van der Waals surface area (Å²) in [5.74, 6) is 1.20. The van der Waals surface area contributed by atoms with Crippen molar-refractivity contribution in [3.63, 3.8) is 0 Å². The van der Waals surface area contributed by atoms with Crippen molar-refractivity contribution in [3.8, 4) is 11.5 Å². The molecular formula is C12H6BrCl2O. The van der Waals surface area contributed by atoms with Crippen molar-refractivity contribution in [2.45, 2.75) is 0 Å². The third-order valence-corrected chi connectivity index (χ3v) is 3.33. The van der Waals surface area contributed by atoms with Gasteiger partial charge in [0.2, 0.25) is 0 Å².